The number of carbonyl (C=O) groups excluding carboxylic acids is 1. The van der Waals surface area contributed by atoms with E-state index in [1.165, 1.54) is 0 Å². The Morgan fingerprint density at radius 2 is 1.91 bits per heavy atom. The maximum Gasteiger partial charge on any atom is 0.185 e. The zero-order valence-electron chi connectivity index (χ0n) is 13.3. The van der Waals surface area contributed by atoms with Crippen LogP contribution in [-0.2, 0) is 4.79 Å². The van der Waals surface area contributed by atoms with Crippen molar-refractivity contribution in [2.75, 3.05) is 0 Å². The van der Waals surface area contributed by atoms with Crippen LogP contribution in [0.25, 0.3) is 12.2 Å². The molecule has 3 heteroatoms. The third-order valence-electron chi connectivity index (χ3n) is 4.28. The van der Waals surface area contributed by atoms with Gasteiger partial charge in [0, 0.05) is 35.2 Å². The summed E-state index contributed by atoms with van der Waals surface area (Å²) in [5.41, 5.74) is 3.81. The fourth-order valence-corrected chi connectivity index (χ4v) is 2.98. The van der Waals surface area contributed by atoms with Gasteiger partial charge in [-0.25, -0.2) is 4.98 Å². The zero-order valence-corrected chi connectivity index (χ0v) is 13.3. The van der Waals surface area contributed by atoms with Gasteiger partial charge in [0.05, 0.1) is 0 Å². The van der Waals surface area contributed by atoms with Crippen LogP contribution in [0.3, 0.4) is 0 Å². The minimum Gasteiger partial charge on any atom is -0.289 e. The number of aromatic nitrogens is 2. The Kier molecular flexibility index (Phi) is 4.77. The first kappa shape index (κ1) is 15.3. The molecule has 3 nitrogen and oxygen atoms in total. The number of H-pyrrole nitrogens is 1. The summed E-state index contributed by atoms with van der Waals surface area (Å²) in [4.78, 5) is 20.0. The van der Waals surface area contributed by atoms with Crippen molar-refractivity contribution in [2.24, 2.45) is 5.92 Å². The molecule has 0 aliphatic heterocycles. The fourth-order valence-electron chi connectivity index (χ4n) is 2.98. The molecule has 3 rings (SSSR count). The first-order chi connectivity index (χ1) is 11.3. The largest absolute Gasteiger partial charge is 0.289 e. The zero-order chi connectivity index (χ0) is 16.1. The average molecular weight is 305 g/mol. The molecule has 2 aromatic heterocycles. The third-order valence-corrected chi connectivity index (χ3v) is 4.28. The van der Waals surface area contributed by atoms with E-state index in [1.54, 1.807) is 12.4 Å². The Hall–Kier alpha value is -2.55. The quantitative estimate of drug-likeness (QED) is 0.811. The molecule has 23 heavy (non-hydrogen) atoms. The number of carbonyl (C=O) groups is 1. The highest BCUT2D eigenvalue weighted by Crippen LogP contribution is 2.33. The van der Waals surface area contributed by atoms with E-state index in [2.05, 4.69) is 16.9 Å². The van der Waals surface area contributed by atoms with Crippen molar-refractivity contribution in [2.45, 2.75) is 26.2 Å². The SMILES string of the molecule is CCC1CC(=Cc2cccnc2)C(=O)C(=Cc2ccc[nH+]c2)C1. The van der Waals surface area contributed by atoms with Crippen LogP contribution < -0.4 is 4.98 Å². The predicted molar refractivity (Wildman–Crippen MR) is 91.2 cm³/mol. The van der Waals surface area contributed by atoms with Gasteiger partial charge in [0.15, 0.2) is 18.2 Å². The number of hydrogen-bond acceptors (Lipinski definition) is 2. The standard InChI is InChI=1S/C20H20N2O/c1-2-15-9-18(11-16-5-3-7-21-13-16)20(23)19(10-15)12-17-6-4-8-22-14-17/h3-8,11-15H,2,9-10H2,1H3/p+1. The van der Waals surface area contributed by atoms with Crippen LogP contribution in [-0.4, -0.2) is 10.8 Å². The van der Waals surface area contributed by atoms with Gasteiger partial charge in [-0.05, 0) is 48.6 Å². The summed E-state index contributed by atoms with van der Waals surface area (Å²) >= 11 is 0. The van der Waals surface area contributed by atoms with Crippen molar-refractivity contribution < 1.29 is 9.78 Å². The summed E-state index contributed by atoms with van der Waals surface area (Å²) in [6, 6.07) is 7.84. The first-order valence-corrected chi connectivity index (χ1v) is 8.08. The Morgan fingerprint density at radius 1 is 1.17 bits per heavy atom. The maximum atomic E-state index is 12.8. The van der Waals surface area contributed by atoms with Crippen molar-refractivity contribution in [3.63, 3.8) is 0 Å². The molecule has 0 amide bonds. The highest BCUT2D eigenvalue weighted by atomic mass is 16.1. The lowest BCUT2D eigenvalue weighted by Gasteiger charge is -2.24. The maximum absolute atomic E-state index is 12.8. The van der Waals surface area contributed by atoms with Gasteiger partial charge in [0.2, 0.25) is 0 Å². The Balaban J connectivity index is 1.94. The number of pyridine rings is 2. The van der Waals surface area contributed by atoms with E-state index in [4.69, 9.17) is 0 Å². The molecule has 1 atom stereocenters. The monoisotopic (exact) mass is 305 g/mol. The number of rotatable bonds is 3. The van der Waals surface area contributed by atoms with Crippen molar-refractivity contribution in [1.29, 1.82) is 0 Å². The van der Waals surface area contributed by atoms with E-state index < -0.39 is 0 Å². The molecule has 1 N–H and O–H groups in total. The van der Waals surface area contributed by atoms with Crippen LogP contribution >= 0.6 is 0 Å². The molecule has 0 spiro atoms. The molecule has 1 aliphatic carbocycles. The highest BCUT2D eigenvalue weighted by molar-refractivity contribution is 6.14. The number of allylic oxidation sites excluding steroid dienone is 2. The fraction of sp³-hybridized carbons (Fsp3) is 0.250. The summed E-state index contributed by atoms with van der Waals surface area (Å²) in [6.45, 7) is 2.19. The molecule has 0 saturated heterocycles. The van der Waals surface area contributed by atoms with Gasteiger partial charge in [-0.1, -0.05) is 19.4 Å². The first-order valence-electron chi connectivity index (χ1n) is 8.08. The van der Waals surface area contributed by atoms with E-state index in [-0.39, 0.29) is 5.78 Å². The lowest BCUT2D eigenvalue weighted by Crippen LogP contribution is -2.19. The number of aromatic amines is 1. The second-order valence-electron chi connectivity index (χ2n) is 5.97. The molecule has 1 saturated carbocycles. The van der Waals surface area contributed by atoms with Gasteiger partial charge in [0.1, 0.15) is 0 Å². The minimum absolute atomic E-state index is 0.169. The molecule has 0 radical (unpaired) electrons. The van der Waals surface area contributed by atoms with Crippen LogP contribution in [0.5, 0.6) is 0 Å². The number of hydrogen-bond donors (Lipinski definition) is 0. The molecular formula is C20H21N2O+. The molecule has 2 heterocycles. The number of nitrogens with one attached hydrogen (secondary N) is 1. The van der Waals surface area contributed by atoms with Crippen molar-refractivity contribution in [3.05, 3.63) is 71.3 Å². The average Bonchev–Trinajstić information content (AvgIpc) is 2.60. The van der Waals surface area contributed by atoms with Crippen LogP contribution in [0.1, 0.15) is 37.3 Å². The van der Waals surface area contributed by atoms with Crippen LogP contribution in [0.2, 0.25) is 0 Å². The summed E-state index contributed by atoms with van der Waals surface area (Å²) in [7, 11) is 0. The predicted octanol–water partition coefficient (Wildman–Crippen LogP) is 3.75. The third kappa shape index (κ3) is 3.81. The molecule has 1 fully saturated rings. The topological polar surface area (TPSA) is 44.1 Å². The summed E-state index contributed by atoms with van der Waals surface area (Å²) in [6.07, 6.45) is 14.1. The van der Waals surface area contributed by atoms with Gasteiger partial charge >= 0.3 is 0 Å². The molecule has 1 unspecified atom stereocenters. The van der Waals surface area contributed by atoms with E-state index in [9.17, 15) is 4.79 Å². The van der Waals surface area contributed by atoms with Crippen LogP contribution in [0, 0.1) is 5.92 Å². The molecular weight excluding hydrogens is 284 g/mol. The second-order valence-corrected chi connectivity index (χ2v) is 5.97. The van der Waals surface area contributed by atoms with Gasteiger partial charge in [-0.2, -0.15) is 0 Å². The van der Waals surface area contributed by atoms with E-state index in [0.29, 0.717) is 5.92 Å². The van der Waals surface area contributed by atoms with Gasteiger partial charge in [0.25, 0.3) is 0 Å². The summed E-state index contributed by atoms with van der Waals surface area (Å²) in [5, 5.41) is 0. The number of nitrogens with zero attached hydrogens (tertiary/aromatic N) is 1. The molecule has 116 valence electrons. The van der Waals surface area contributed by atoms with Gasteiger partial charge in [-0.15, -0.1) is 0 Å². The molecule has 2 aromatic rings. The van der Waals surface area contributed by atoms with Gasteiger partial charge < -0.3 is 0 Å². The highest BCUT2D eigenvalue weighted by Gasteiger charge is 2.26. The Morgan fingerprint density at radius 3 is 2.52 bits per heavy atom. The van der Waals surface area contributed by atoms with Crippen LogP contribution in [0.4, 0.5) is 0 Å². The van der Waals surface area contributed by atoms with Crippen LogP contribution in [0.15, 0.2) is 60.2 Å². The van der Waals surface area contributed by atoms with Crippen molar-refractivity contribution in [3.8, 4) is 0 Å². The van der Waals surface area contributed by atoms with Gasteiger partial charge in [-0.3, -0.25) is 9.78 Å². The summed E-state index contributed by atoms with van der Waals surface area (Å²) in [5.74, 6) is 0.692. The smallest absolute Gasteiger partial charge is 0.185 e. The molecule has 0 bridgehead atoms. The minimum atomic E-state index is 0.169. The lowest BCUT2D eigenvalue weighted by atomic mass is 9.79. The summed E-state index contributed by atoms with van der Waals surface area (Å²) < 4.78 is 0. The van der Waals surface area contributed by atoms with E-state index >= 15 is 0 Å². The molecule has 1 aliphatic rings. The Labute approximate surface area is 136 Å². The number of Topliss-reactive ketones (excluding diaryl/α,β-unsaturated/α-hetero) is 1. The van der Waals surface area contributed by atoms with Crippen molar-refractivity contribution >= 4 is 17.9 Å². The lowest BCUT2D eigenvalue weighted by molar-refractivity contribution is -0.378. The Bertz CT molecular complexity index is 671. The normalized spacial score (nSPS) is 21.8. The van der Waals surface area contributed by atoms with E-state index in [1.807, 2.05) is 48.8 Å². The van der Waals surface area contributed by atoms with E-state index in [0.717, 1.165) is 41.5 Å². The molecule has 0 aromatic carbocycles. The van der Waals surface area contributed by atoms with Crippen molar-refractivity contribution in [1.82, 2.24) is 4.98 Å². The number of ketones is 1. The second kappa shape index (κ2) is 7.14.